The van der Waals surface area contributed by atoms with Gasteiger partial charge in [0.15, 0.2) is 0 Å². The minimum absolute atomic E-state index is 0.128. The van der Waals surface area contributed by atoms with E-state index in [2.05, 4.69) is 55.7 Å². The number of thiazole rings is 1. The Balaban J connectivity index is 1.87. The van der Waals surface area contributed by atoms with E-state index >= 15 is 0 Å². The zero-order valence-electron chi connectivity index (χ0n) is 13.3. The van der Waals surface area contributed by atoms with Crippen LogP contribution in [0.1, 0.15) is 42.6 Å². The predicted octanol–water partition coefficient (Wildman–Crippen LogP) is 3.88. The van der Waals surface area contributed by atoms with Gasteiger partial charge in [-0.1, -0.05) is 45.0 Å². The van der Waals surface area contributed by atoms with Gasteiger partial charge in [0.25, 0.3) is 0 Å². The molecule has 3 nitrogen and oxygen atoms in total. The van der Waals surface area contributed by atoms with Crippen molar-refractivity contribution >= 4 is 11.3 Å². The molecule has 0 amide bonds. The lowest BCUT2D eigenvalue weighted by Crippen LogP contribution is -2.14. The fourth-order valence-electron chi connectivity index (χ4n) is 2.05. The van der Waals surface area contributed by atoms with E-state index < -0.39 is 0 Å². The van der Waals surface area contributed by atoms with Crippen molar-refractivity contribution in [2.45, 2.75) is 45.9 Å². The molecule has 0 saturated carbocycles. The first-order valence-electron chi connectivity index (χ1n) is 7.21. The van der Waals surface area contributed by atoms with Crippen LogP contribution in [0.4, 0.5) is 0 Å². The van der Waals surface area contributed by atoms with Crippen molar-refractivity contribution in [3.05, 3.63) is 51.5 Å². The number of rotatable bonds is 6. The van der Waals surface area contributed by atoms with Crippen molar-refractivity contribution in [2.75, 3.05) is 7.11 Å². The first kappa shape index (κ1) is 16.1. The Labute approximate surface area is 131 Å². The van der Waals surface area contributed by atoms with E-state index in [0.29, 0.717) is 6.61 Å². The van der Waals surface area contributed by atoms with Crippen molar-refractivity contribution in [3.63, 3.8) is 0 Å². The molecule has 0 aliphatic rings. The van der Waals surface area contributed by atoms with Gasteiger partial charge < -0.3 is 10.1 Å². The quantitative estimate of drug-likeness (QED) is 0.879. The molecule has 0 fully saturated rings. The predicted molar refractivity (Wildman–Crippen MR) is 88.5 cm³/mol. The number of hydrogen-bond acceptors (Lipinski definition) is 4. The smallest absolute Gasteiger partial charge is 0.107 e. The summed E-state index contributed by atoms with van der Waals surface area (Å²) in [7, 11) is 1.72. The van der Waals surface area contributed by atoms with E-state index in [1.54, 1.807) is 18.4 Å². The molecular weight excluding hydrogens is 280 g/mol. The van der Waals surface area contributed by atoms with E-state index in [0.717, 1.165) is 18.1 Å². The first-order chi connectivity index (χ1) is 9.99. The molecule has 0 radical (unpaired) electrons. The highest BCUT2D eigenvalue weighted by Crippen LogP contribution is 2.23. The third-order valence-corrected chi connectivity index (χ3v) is 4.08. The lowest BCUT2D eigenvalue weighted by Gasteiger charge is -2.14. The summed E-state index contributed by atoms with van der Waals surface area (Å²) in [6, 6.07) is 8.48. The molecule has 0 unspecified atom stereocenters. The standard InChI is InChI=1S/C17H24N2OS/c1-17(2,3)15-12-21-16(19-15)10-18-9-13-6-5-7-14(8-13)11-20-4/h5-8,12,18H,9-11H2,1-4H3. The highest BCUT2D eigenvalue weighted by molar-refractivity contribution is 7.09. The highest BCUT2D eigenvalue weighted by Gasteiger charge is 2.17. The molecule has 0 aliphatic carbocycles. The van der Waals surface area contributed by atoms with Crippen molar-refractivity contribution < 1.29 is 4.74 Å². The van der Waals surface area contributed by atoms with Crippen LogP contribution in [0, 0.1) is 0 Å². The van der Waals surface area contributed by atoms with Gasteiger partial charge >= 0.3 is 0 Å². The minimum Gasteiger partial charge on any atom is -0.380 e. The van der Waals surface area contributed by atoms with E-state index in [9.17, 15) is 0 Å². The largest absolute Gasteiger partial charge is 0.380 e. The Morgan fingerprint density at radius 2 is 1.95 bits per heavy atom. The van der Waals surface area contributed by atoms with Crippen molar-refractivity contribution in [3.8, 4) is 0 Å². The molecule has 0 atom stereocenters. The summed E-state index contributed by atoms with van der Waals surface area (Å²) in [5.41, 5.74) is 3.79. The first-order valence-corrected chi connectivity index (χ1v) is 8.09. The van der Waals surface area contributed by atoms with Gasteiger partial charge in [-0.25, -0.2) is 4.98 Å². The lowest BCUT2D eigenvalue weighted by molar-refractivity contribution is 0.185. The van der Waals surface area contributed by atoms with Crippen LogP contribution in [-0.2, 0) is 29.8 Å². The summed E-state index contributed by atoms with van der Waals surface area (Å²) >= 11 is 1.73. The van der Waals surface area contributed by atoms with Gasteiger partial charge in [0, 0.05) is 31.0 Å². The monoisotopic (exact) mass is 304 g/mol. The number of nitrogens with zero attached hydrogens (tertiary/aromatic N) is 1. The molecular formula is C17H24N2OS. The van der Waals surface area contributed by atoms with Gasteiger partial charge in [0.1, 0.15) is 5.01 Å². The fourth-order valence-corrected chi connectivity index (χ4v) is 3.04. The molecule has 4 heteroatoms. The molecule has 1 N–H and O–H groups in total. The molecule has 0 saturated heterocycles. The SMILES string of the molecule is COCc1cccc(CNCc2nc(C(C)(C)C)cs2)c1. The second-order valence-electron chi connectivity index (χ2n) is 6.23. The third kappa shape index (κ3) is 4.92. The molecule has 2 rings (SSSR count). The number of ether oxygens (including phenoxy) is 1. The maximum Gasteiger partial charge on any atom is 0.107 e. The van der Waals surface area contributed by atoms with Crippen LogP contribution in [0.25, 0.3) is 0 Å². The van der Waals surface area contributed by atoms with Crippen LogP contribution in [0.3, 0.4) is 0 Å². The molecule has 0 aliphatic heterocycles. The molecule has 0 bridgehead atoms. The maximum absolute atomic E-state index is 5.16. The van der Waals surface area contributed by atoms with Crippen LogP contribution < -0.4 is 5.32 Å². The Bertz CT molecular complexity index is 572. The summed E-state index contributed by atoms with van der Waals surface area (Å²) in [4.78, 5) is 4.70. The summed E-state index contributed by atoms with van der Waals surface area (Å²) in [6.07, 6.45) is 0. The summed E-state index contributed by atoms with van der Waals surface area (Å²) in [5, 5.41) is 6.77. The van der Waals surface area contributed by atoms with Gasteiger partial charge in [-0.15, -0.1) is 11.3 Å². The van der Waals surface area contributed by atoms with E-state index in [1.165, 1.54) is 16.8 Å². The minimum atomic E-state index is 0.128. The Morgan fingerprint density at radius 3 is 2.62 bits per heavy atom. The Hall–Kier alpha value is -1.23. The summed E-state index contributed by atoms with van der Waals surface area (Å²) < 4.78 is 5.16. The topological polar surface area (TPSA) is 34.1 Å². The fraction of sp³-hybridized carbons (Fsp3) is 0.471. The van der Waals surface area contributed by atoms with Gasteiger partial charge in [0.05, 0.1) is 12.3 Å². The normalized spacial score (nSPS) is 11.8. The lowest BCUT2D eigenvalue weighted by atomic mass is 9.93. The van der Waals surface area contributed by atoms with Crippen LogP contribution in [0.2, 0.25) is 0 Å². The van der Waals surface area contributed by atoms with Crippen LogP contribution in [0.5, 0.6) is 0 Å². The number of benzene rings is 1. The van der Waals surface area contributed by atoms with Crippen LogP contribution in [-0.4, -0.2) is 12.1 Å². The molecule has 1 aromatic carbocycles. The second kappa shape index (κ2) is 7.16. The third-order valence-electron chi connectivity index (χ3n) is 3.23. The molecule has 21 heavy (non-hydrogen) atoms. The average molecular weight is 304 g/mol. The van der Waals surface area contributed by atoms with E-state index in [1.807, 2.05) is 0 Å². The van der Waals surface area contributed by atoms with Crippen LogP contribution in [0.15, 0.2) is 29.6 Å². The zero-order chi connectivity index (χ0) is 15.3. The van der Waals surface area contributed by atoms with E-state index in [-0.39, 0.29) is 5.41 Å². The number of nitrogens with one attached hydrogen (secondary N) is 1. The number of hydrogen-bond donors (Lipinski definition) is 1. The van der Waals surface area contributed by atoms with Gasteiger partial charge in [-0.05, 0) is 11.1 Å². The van der Waals surface area contributed by atoms with Crippen LogP contribution >= 0.6 is 11.3 Å². The number of methoxy groups -OCH3 is 1. The molecule has 0 spiro atoms. The number of aromatic nitrogens is 1. The average Bonchev–Trinajstić information content (AvgIpc) is 2.88. The molecule has 1 aromatic heterocycles. The highest BCUT2D eigenvalue weighted by atomic mass is 32.1. The molecule has 1 heterocycles. The maximum atomic E-state index is 5.16. The van der Waals surface area contributed by atoms with E-state index in [4.69, 9.17) is 9.72 Å². The second-order valence-corrected chi connectivity index (χ2v) is 7.18. The van der Waals surface area contributed by atoms with Crippen molar-refractivity contribution in [2.24, 2.45) is 0 Å². The van der Waals surface area contributed by atoms with Gasteiger partial charge in [0.2, 0.25) is 0 Å². The van der Waals surface area contributed by atoms with Gasteiger partial charge in [-0.2, -0.15) is 0 Å². The van der Waals surface area contributed by atoms with Gasteiger partial charge in [-0.3, -0.25) is 0 Å². The Kier molecular flexibility index (Phi) is 5.51. The van der Waals surface area contributed by atoms with Crippen molar-refractivity contribution in [1.82, 2.24) is 10.3 Å². The van der Waals surface area contributed by atoms with Crippen molar-refractivity contribution in [1.29, 1.82) is 0 Å². The molecule has 2 aromatic rings. The molecule has 114 valence electrons. The summed E-state index contributed by atoms with van der Waals surface area (Å²) in [6.45, 7) is 8.91. The Morgan fingerprint density at radius 1 is 1.19 bits per heavy atom. The summed E-state index contributed by atoms with van der Waals surface area (Å²) in [5.74, 6) is 0. The zero-order valence-corrected chi connectivity index (χ0v) is 14.1.